The summed E-state index contributed by atoms with van der Waals surface area (Å²) in [7, 11) is 0. The lowest BCUT2D eigenvalue weighted by atomic mass is 9.99. The standard InChI is InChI=1S/C22H22O11/c23-10-15-20(33-21(30)12-8-13(24)17(27)14(25)9-12)18(28)19(29)22(31-15)32-16(26)7-6-11-4-2-1-3-5-11/h1-9,15,18-20,22-25,27-29H,10H2/b7-6+/t15-,18-,19-,20-,22+/m1/s1. The first-order valence-electron chi connectivity index (χ1n) is 9.73. The average molecular weight is 462 g/mol. The SMILES string of the molecule is O=C(/C=C/c1ccccc1)O[C@@H]1O[C@H](CO)[C@@H](OC(=O)c2cc(O)c(O)c(O)c2)[C@H](O)[C@H]1O. The van der Waals surface area contributed by atoms with Crippen molar-refractivity contribution in [3.05, 3.63) is 59.7 Å². The Kier molecular flexibility index (Phi) is 7.51. The Morgan fingerprint density at radius 2 is 1.61 bits per heavy atom. The predicted octanol–water partition coefficient (Wildman–Crippen LogP) is 0.0244. The van der Waals surface area contributed by atoms with E-state index in [2.05, 4.69) is 0 Å². The summed E-state index contributed by atoms with van der Waals surface area (Å²) < 4.78 is 15.4. The molecule has 2 aromatic carbocycles. The number of benzene rings is 2. The van der Waals surface area contributed by atoms with E-state index < -0.39 is 66.5 Å². The van der Waals surface area contributed by atoms with Gasteiger partial charge in [-0.15, -0.1) is 0 Å². The number of ether oxygens (including phenoxy) is 3. The highest BCUT2D eigenvalue weighted by Gasteiger charge is 2.48. The van der Waals surface area contributed by atoms with Gasteiger partial charge in [-0.25, -0.2) is 9.59 Å². The van der Waals surface area contributed by atoms with Crippen LogP contribution < -0.4 is 0 Å². The van der Waals surface area contributed by atoms with Crippen LogP contribution in [-0.4, -0.2) is 79.9 Å². The minimum atomic E-state index is -1.83. The summed E-state index contributed by atoms with van der Waals surface area (Å²) in [5, 5.41) is 58.8. The monoisotopic (exact) mass is 462 g/mol. The number of carbonyl (C=O) groups is 2. The fourth-order valence-corrected chi connectivity index (χ4v) is 3.09. The van der Waals surface area contributed by atoms with Crippen LogP contribution in [0.3, 0.4) is 0 Å². The van der Waals surface area contributed by atoms with Gasteiger partial charge in [0.2, 0.25) is 6.29 Å². The summed E-state index contributed by atoms with van der Waals surface area (Å²) in [4.78, 5) is 24.4. The first-order chi connectivity index (χ1) is 15.7. The van der Waals surface area contributed by atoms with Crippen LogP contribution in [0.15, 0.2) is 48.5 Å². The Hall–Kier alpha value is -3.64. The van der Waals surface area contributed by atoms with Crippen LogP contribution in [0.5, 0.6) is 17.2 Å². The van der Waals surface area contributed by atoms with Crippen molar-refractivity contribution in [3.63, 3.8) is 0 Å². The van der Waals surface area contributed by atoms with E-state index in [4.69, 9.17) is 14.2 Å². The number of esters is 2. The van der Waals surface area contributed by atoms with Crippen molar-refractivity contribution in [2.75, 3.05) is 6.61 Å². The van der Waals surface area contributed by atoms with Crippen LogP contribution in [-0.2, 0) is 19.0 Å². The molecule has 0 aliphatic carbocycles. The van der Waals surface area contributed by atoms with Gasteiger partial charge >= 0.3 is 11.9 Å². The molecule has 6 N–H and O–H groups in total. The van der Waals surface area contributed by atoms with Crippen LogP contribution in [0.2, 0.25) is 0 Å². The Morgan fingerprint density at radius 1 is 0.970 bits per heavy atom. The zero-order valence-electron chi connectivity index (χ0n) is 17.0. The first kappa shape index (κ1) is 24.0. The van der Waals surface area contributed by atoms with Crippen molar-refractivity contribution in [3.8, 4) is 17.2 Å². The normalized spacial score (nSPS) is 25.0. The summed E-state index contributed by atoms with van der Waals surface area (Å²) in [6.07, 6.45) is -5.75. The molecule has 1 heterocycles. The van der Waals surface area contributed by atoms with Crippen molar-refractivity contribution in [2.24, 2.45) is 0 Å². The number of hydrogen-bond donors (Lipinski definition) is 6. The van der Waals surface area contributed by atoms with Gasteiger partial charge in [0, 0.05) is 6.08 Å². The van der Waals surface area contributed by atoms with E-state index in [1.165, 1.54) is 6.08 Å². The highest BCUT2D eigenvalue weighted by atomic mass is 16.7. The fourth-order valence-electron chi connectivity index (χ4n) is 3.09. The molecule has 2 aromatic rings. The maximum atomic E-state index is 12.4. The summed E-state index contributed by atoms with van der Waals surface area (Å²) in [5.41, 5.74) is 0.326. The van der Waals surface area contributed by atoms with E-state index in [9.17, 15) is 40.2 Å². The highest BCUT2D eigenvalue weighted by molar-refractivity contribution is 5.91. The molecular weight excluding hydrogens is 440 g/mol. The molecule has 11 nitrogen and oxygen atoms in total. The number of aliphatic hydroxyl groups excluding tert-OH is 3. The van der Waals surface area contributed by atoms with Crippen LogP contribution in [0, 0.1) is 0 Å². The number of aromatic hydroxyl groups is 3. The van der Waals surface area contributed by atoms with Gasteiger partial charge in [-0.05, 0) is 23.8 Å². The zero-order chi connectivity index (χ0) is 24.1. The van der Waals surface area contributed by atoms with Crippen molar-refractivity contribution in [1.82, 2.24) is 0 Å². The molecule has 0 unspecified atom stereocenters. The van der Waals surface area contributed by atoms with Crippen LogP contribution in [0.4, 0.5) is 0 Å². The third kappa shape index (κ3) is 5.59. The van der Waals surface area contributed by atoms with Gasteiger partial charge in [-0.2, -0.15) is 0 Å². The maximum Gasteiger partial charge on any atom is 0.338 e. The lowest BCUT2D eigenvalue weighted by Gasteiger charge is -2.40. The molecule has 176 valence electrons. The minimum Gasteiger partial charge on any atom is -0.504 e. The molecule has 1 aliphatic rings. The Bertz CT molecular complexity index is 995. The van der Waals surface area contributed by atoms with Crippen molar-refractivity contribution in [1.29, 1.82) is 0 Å². The molecule has 1 fully saturated rings. The molecule has 0 radical (unpaired) electrons. The number of carbonyl (C=O) groups excluding carboxylic acids is 2. The van der Waals surface area contributed by atoms with Crippen LogP contribution in [0.1, 0.15) is 15.9 Å². The van der Waals surface area contributed by atoms with Crippen LogP contribution in [0.25, 0.3) is 6.08 Å². The van der Waals surface area contributed by atoms with E-state index in [0.29, 0.717) is 5.56 Å². The van der Waals surface area contributed by atoms with Gasteiger partial charge in [0.05, 0.1) is 12.2 Å². The quantitative estimate of drug-likeness (QED) is 0.193. The molecule has 5 atom stereocenters. The fraction of sp³-hybridized carbons (Fsp3) is 0.273. The second-order valence-corrected chi connectivity index (χ2v) is 7.12. The largest absolute Gasteiger partial charge is 0.504 e. The maximum absolute atomic E-state index is 12.4. The lowest BCUT2D eigenvalue weighted by molar-refractivity contribution is -0.290. The van der Waals surface area contributed by atoms with Gasteiger partial charge in [-0.1, -0.05) is 30.3 Å². The Morgan fingerprint density at radius 3 is 2.21 bits per heavy atom. The average Bonchev–Trinajstić information content (AvgIpc) is 2.81. The van der Waals surface area contributed by atoms with Gasteiger partial charge < -0.3 is 44.8 Å². The lowest BCUT2D eigenvalue weighted by Crippen LogP contribution is -2.60. The predicted molar refractivity (Wildman–Crippen MR) is 110 cm³/mol. The van der Waals surface area contributed by atoms with Crippen LogP contribution >= 0.6 is 0 Å². The van der Waals surface area contributed by atoms with Crippen molar-refractivity contribution >= 4 is 18.0 Å². The Balaban J connectivity index is 1.68. The van der Waals surface area contributed by atoms with E-state index >= 15 is 0 Å². The summed E-state index contributed by atoms with van der Waals surface area (Å²) >= 11 is 0. The molecule has 0 spiro atoms. The van der Waals surface area contributed by atoms with Gasteiger partial charge in [0.25, 0.3) is 0 Å². The molecule has 0 amide bonds. The molecule has 33 heavy (non-hydrogen) atoms. The molecule has 0 aromatic heterocycles. The van der Waals surface area contributed by atoms with E-state index in [-0.39, 0.29) is 5.56 Å². The zero-order valence-corrected chi connectivity index (χ0v) is 17.0. The minimum absolute atomic E-state index is 0.388. The number of aliphatic hydroxyl groups is 3. The number of phenols is 3. The van der Waals surface area contributed by atoms with Crippen molar-refractivity contribution in [2.45, 2.75) is 30.7 Å². The van der Waals surface area contributed by atoms with Crippen molar-refractivity contribution < 1.29 is 54.4 Å². The molecule has 3 rings (SSSR count). The molecule has 1 saturated heterocycles. The van der Waals surface area contributed by atoms with E-state index in [1.54, 1.807) is 30.3 Å². The highest BCUT2D eigenvalue weighted by Crippen LogP contribution is 2.36. The second kappa shape index (κ2) is 10.3. The number of phenolic OH excluding ortho intramolecular Hbond substituents is 3. The van der Waals surface area contributed by atoms with Gasteiger partial charge in [0.1, 0.15) is 18.3 Å². The second-order valence-electron chi connectivity index (χ2n) is 7.12. The third-order valence-electron chi connectivity index (χ3n) is 4.81. The molecule has 0 bridgehead atoms. The third-order valence-corrected chi connectivity index (χ3v) is 4.81. The van der Waals surface area contributed by atoms with E-state index in [0.717, 1.165) is 18.2 Å². The molecule has 1 aliphatic heterocycles. The summed E-state index contributed by atoms with van der Waals surface area (Å²) in [6, 6.07) is 10.4. The molecule has 11 heteroatoms. The summed E-state index contributed by atoms with van der Waals surface area (Å²) in [6.45, 7) is -0.776. The number of rotatable bonds is 6. The van der Waals surface area contributed by atoms with Gasteiger partial charge in [-0.3, -0.25) is 0 Å². The number of hydrogen-bond acceptors (Lipinski definition) is 11. The van der Waals surface area contributed by atoms with Gasteiger partial charge in [0.15, 0.2) is 23.4 Å². The Labute approximate surface area is 187 Å². The molecular formula is C22H22O11. The summed E-state index contributed by atoms with van der Waals surface area (Å²) in [5.74, 6) is -4.49. The first-order valence-corrected chi connectivity index (χ1v) is 9.73. The molecule has 0 saturated carbocycles. The topological polar surface area (TPSA) is 183 Å². The smallest absolute Gasteiger partial charge is 0.338 e. The van der Waals surface area contributed by atoms with E-state index in [1.807, 2.05) is 0 Å².